The Labute approximate surface area is 222 Å². The average Bonchev–Trinajstić information content (AvgIpc) is 2.91. The maximum Gasteiger partial charge on any atom is 0.237 e. The van der Waals surface area contributed by atoms with Gasteiger partial charge in [-0.05, 0) is 80.8 Å². The molecule has 0 radical (unpaired) electrons. The summed E-state index contributed by atoms with van der Waals surface area (Å²) in [6.07, 6.45) is 0. The van der Waals surface area contributed by atoms with Crippen molar-refractivity contribution in [2.45, 2.75) is 38.0 Å². The number of thioether (sulfide) groups is 1. The van der Waals surface area contributed by atoms with Crippen LogP contribution >= 0.6 is 11.8 Å². The summed E-state index contributed by atoms with van der Waals surface area (Å²) in [6, 6.07) is 25.8. The Bertz CT molecular complexity index is 1470. The van der Waals surface area contributed by atoms with Crippen LogP contribution in [0.15, 0.2) is 77.8 Å². The fraction of sp³-hybridized carbons (Fsp3) is 0.194. The third-order valence-electron chi connectivity index (χ3n) is 6.37. The Morgan fingerprint density at radius 1 is 1.00 bits per heavy atom. The van der Waals surface area contributed by atoms with E-state index in [1.54, 1.807) is 7.11 Å². The molecule has 0 saturated carbocycles. The molecule has 0 aliphatic heterocycles. The van der Waals surface area contributed by atoms with Crippen molar-refractivity contribution in [2.24, 2.45) is 0 Å². The molecule has 3 aromatic carbocycles. The predicted molar refractivity (Wildman–Crippen MR) is 151 cm³/mol. The normalized spacial score (nSPS) is 11.5. The number of benzene rings is 3. The van der Waals surface area contributed by atoms with Crippen LogP contribution in [0, 0.1) is 32.1 Å². The van der Waals surface area contributed by atoms with Crippen molar-refractivity contribution in [1.29, 1.82) is 5.26 Å². The van der Waals surface area contributed by atoms with Gasteiger partial charge < -0.3 is 10.1 Å². The van der Waals surface area contributed by atoms with Gasteiger partial charge in [0.1, 0.15) is 16.8 Å². The van der Waals surface area contributed by atoms with Gasteiger partial charge in [0.15, 0.2) is 0 Å². The second-order valence-electron chi connectivity index (χ2n) is 8.94. The topological polar surface area (TPSA) is 75.0 Å². The SMILES string of the molecule is COc1ccc(-c2cc(-c3ccc(C)cc3)c(C#N)c(SC(C)C(=O)Nc3cccc(C)c3C)n2)cc1. The van der Waals surface area contributed by atoms with Crippen LogP contribution in [0.3, 0.4) is 0 Å². The lowest BCUT2D eigenvalue weighted by atomic mass is 9.98. The molecule has 5 nitrogen and oxygen atoms in total. The number of carbonyl (C=O) groups excluding carboxylic acids is 1. The van der Waals surface area contributed by atoms with Gasteiger partial charge in [-0.25, -0.2) is 4.98 Å². The molecule has 1 aromatic heterocycles. The van der Waals surface area contributed by atoms with Gasteiger partial charge in [-0.1, -0.05) is 53.7 Å². The van der Waals surface area contributed by atoms with Gasteiger partial charge >= 0.3 is 0 Å². The van der Waals surface area contributed by atoms with Crippen LogP contribution in [0.2, 0.25) is 0 Å². The molecule has 1 heterocycles. The lowest BCUT2D eigenvalue weighted by Crippen LogP contribution is -2.23. The van der Waals surface area contributed by atoms with Crippen LogP contribution < -0.4 is 10.1 Å². The summed E-state index contributed by atoms with van der Waals surface area (Å²) in [4.78, 5) is 18.0. The Kier molecular flexibility index (Phi) is 7.95. The van der Waals surface area contributed by atoms with Crippen molar-refractivity contribution < 1.29 is 9.53 Å². The van der Waals surface area contributed by atoms with Gasteiger partial charge in [0.05, 0.1) is 23.6 Å². The monoisotopic (exact) mass is 507 g/mol. The number of nitrogens with zero attached hydrogens (tertiary/aromatic N) is 2. The summed E-state index contributed by atoms with van der Waals surface area (Å²) in [5.74, 6) is 0.610. The lowest BCUT2D eigenvalue weighted by Gasteiger charge is -2.17. The Balaban J connectivity index is 1.74. The second-order valence-corrected chi connectivity index (χ2v) is 10.3. The van der Waals surface area contributed by atoms with Crippen LogP contribution in [-0.4, -0.2) is 23.3 Å². The van der Waals surface area contributed by atoms with Crippen LogP contribution in [0.25, 0.3) is 22.4 Å². The summed E-state index contributed by atoms with van der Waals surface area (Å²) >= 11 is 1.29. The first-order valence-corrected chi connectivity index (χ1v) is 12.9. The van der Waals surface area contributed by atoms with Gasteiger partial charge in [0.2, 0.25) is 5.91 Å². The number of nitriles is 1. The number of aryl methyl sites for hydroxylation is 2. The van der Waals surface area contributed by atoms with Crippen LogP contribution in [-0.2, 0) is 4.79 Å². The van der Waals surface area contributed by atoms with E-state index in [0.717, 1.165) is 50.5 Å². The molecule has 0 aliphatic carbocycles. The summed E-state index contributed by atoms with van der Waals surface area (Å²) < 4.78 is 5.30. The molecule has 0 fully saturated rings. The van der Waals surface area contributed by atoms with Crippen LogP contribution in [0.4, 0.5) is 5.69 Å². The number of methoxy groups -OCH3 is 1. The van der Waals surface area contributed by atoms with Crippen LogP contribution in [0.1, 0.15) is 29.2 Å². The molecule has 4 aromatic rings. The summed E-state index contributed by atoms with van der Waals surface area (Å²) in [5.41, 5.74) is 7.86. The zero-order valence-electron chi connectivity index (χ0n) is 21.6. The molecule has 0 bridgehead atoms. The van der Waals surface area contributed by atoms with Gasteiger partial charge in [-0.3, -0.25) is 4.79 Å². The number of nitrogens with one attached hydrogen (secondary N) is 1. The number of rotatable bonds is 7. The minimum atomic E-state index is -0.475. The highest BCUT2D eigenvalue weighted by atomic mass is 32.2. The molecule has 0 aliphatic rings. The number of carbonyl (C=O) groups is 1. The van der Waals surface area contributed by atoms with E-state index in [9.17, 15) is 10.1 Å². The Morgan fingerprint density at radius 2 is 1.68 bits per heavy atom. The van der Waals surface area contributed by atoms with Crippen molar-refractivity contribution in [2.75, 3.05) is 12.4 Å². The molecular formula is C31H29N3O2S. The minimum Gasteiger partial charge on any atom is -0.497 e. The number of hydrogen-bond acceptors (Lipinski definition) is 5. The van der Waals surface area contributed by atoms with Crippen molar-refractivity contribution in [3.05, 3.63) is 95.1 Å². The van der Waals surface area contributed by atoms with Crippen molar-refractivity contribution in [3.8, 4) is 34.2 Å². The molecular weight excluding hydrogens is 478 g/mol. The molecule has 1 atom stereocenters. The van der Waals surface area contributed by atoms with Crippen molar-refractivity contribution >= 4 is 23.4 Å². The molecule has 186 valence electrons. The number of aromatic nitrogens is 1. The first-order valence-electron chi connectivity index (χ1n) is 12.0. The zero-order chi connectivity index (χ0) is 26.5. The van der Waals surface area contributed by atoms with E-state index in [0.29, 0.717) is 10.6 Å². The van der Waals surface area contributed by atoms with E-state index < -0.39 is 5.25 Å². The smallest absolute Gasteiger partial charge is 0.237 e. The first kappa shape index (κ1) is 26.0. The van der Waals surface area contributed by atoms with E-state index in [4.69, 9.17) is 9.72 Å². The van der Waals surface area contributed by atoms with Gasteiger partial charge in [0, 0.05) is 16.8 Å². The van der Waals surface area contributed by atoms with E-state index in [1.807, 2.05) is 100 Å². The number of anilines is 1. The van der Waals surface area contributed by atoms with Gasteiger partial charge in [-0.2, -0.15) is 5.26 Å². The maximum atomic E-state index is 13.1. The Morgan fingerprint density at radius 3 is 2.32 bits per heavy atom. The fourth-order valence-electron chi connectivity index (χ4n) is 3.93. The summed E-state index contributed by atoms with van der Waals surface area (Å²) in [7, 11) is 1.63. The number of ether oxygens (including phenoxy) is 1. The minimum absolute atomic E-state index is 0.142. The predicted octanol–water partition coefficient (Wildman–Crippen LogP) is 7.34. The van der Waals surface area contributed by atoms with Gasteiger partial charge in [0.25, 0.3) is 0 Å². The fourth-order valence-corrected chi connectivity index (χ4v) is 4.85. The molecule has 1 unspecified atom stereocenters. The zero-order valence-corrected chi connectivity index (χ0v) is 22.4. The van der Waals surface area contributed by atoms with Crippen LogP contribution in [0.5, 0.6) is 5.75 Å². The number of pyridine rings is 1. The molecule has 1 N–H and O–H groups in total. The summed E-state index contributed by atoms with van der Waals surface area (Å²) in [5, 5.41) is 13.3. The highest BCUT2D eigenvalue weighted by Crippen LogP contribution is 2.36. The molecule has 4 rings (SSSR count). The molecule has 6 heteroatoms. The highest BCUT2D eigenvalue weighted by molar-refractivity contribution is 8.00. The molecule has 37 heavy (non-hydrogen) atoms. The summed E-state index contributed by atoms with van der Waals surface area (Å²) in [6.45, 7) is 7.87. The van der Waals surface area contributed by atoms with E-state index in [2.05, 4.69) is 11.4 Å². The van der Waals surface area contributed by atoms with Crippen molar-refractivity contribution in [1.82, 2.24) is 4.98 Å². The number of hydrogen-bond donors (Lipinski definition) is 1. The molecule has 0 saturated heterocycles. The lowest BCUT2D eigenvalue weighted by molar-refractivity contribution is -0.115. The number of amides is 1. The van der Waals surface area contributed by atoms with Gasteiger partial charge in [-0.15, -0.1) is 0 Å². The maximum absolute atomic E-state index is 13.1. The molecule has 1 amide bonds. The largest absolute Gasteiger partial charge is 0.497 e. The standard InChI is InChI=1S/C31H29N3O2S/c1-19-9-11-23(12-10-19)26-17-29(24-13-15-25(36-5)16-14-24)34-31(27(26)18-32)37-22(4)30(35)33-28-8-6-7-20(2)21(28)3/h6-17,22H,1-5H3,(H,33,35). The third kappa shape index (κ3) is 5.84. The van der Waals surface area contributed by atoms with E-state index >= 15 is 0 Å². The highest BCUT2D eigenvalue weighted by Gasteiger charge is 2.22. The van der Waals surface area contributed by atoms with E-state index in [-0.39, 0.29) is 5.91 Å². The third-order valence-corrected chi connectivity index (χ3v) is 7.45. The van der Waals surface area contributed by atoms with E-state index in [1.165, 1.54) is 11.8 Å². The first-order chi connectivity index (χ1) is 17.8. The Hall–Kier alpha value is -4.08. The second kappa shape index (κ2) is 11.3. The molecule has 0 spiro atoms. The average molecular weight is 508 g/mol. The quantitative estimate of drug-likeness (QED) is 0.265. The van der Waals surface area contributed by atoms with Crippen molar-refractivity contribution in [3.63, 3.8) is 0 Å².